The molecule has 2 heteroatoms. The molecule has 0 aromatic rings. The van der Waals surface area contributed by atoms with E-state index < -0.39 is 0 Å². The molecular weight excluding hydrogens is 117 g/mol. The zero-order chi connectivity index (χ0) is 7.82. The van der Waals surface area contributed by atoms with Crippen LogP contribution in [0.2, 0.25) is 5.09 Å². The van der Waals surface area contributed by atoms with Gasteiger partial charge in [0.05, 0.1) is 0 Å². The summed E-state index contributed by atoms with van der Waals surface area (Å²) in [5.74, 6) is 0. The summed E-state index contributed by atoms with van der Waals surface area (Å²) in [4.78, 5) is 0. The van der Waals surface area contributed by atoms with Crippen molar-refractivity contribution >= 4 is 23.4 Å². The molecule has 10 heavy (non-hydrogen) atoms. The van der Waals surface area contributed by atoms with Gasteiger partial charge in [-0.2, -0.15) is 0 Å². The quantitative estimate of drug-likeness (QED) is 0.327. The molecule has 0 aliphatic heterocycles. The summed E-state index contributed by atoms with van der Waals surface area (Å²) >= 11 is 2.13. The van der Waals surface area contributed by atoms with Crippen molar-refractivity contribution < 1.29 is 0 Å². The van der Waals surface area contributed by atoms with Crippen LogP contribution in [-0.2, 0) is 0 Å². The molecule has 0 fully saturated rings. The second kappa shape index (κ2) is 7.38. The van der Waals surface area contributed by atoms with Crippen LogP contribution in [0.5, 0.6) is 0 Å². The second-order valence-corrected chi connectivity index (χ2v) is 2.81. The molecule has 0 amide bonds. The Balaban J connectivity index is 3.05. The zero-order valence-electron chi connectivity index (χ0n) is 7.24. The Kier molecular flexibility index (Phi) is 7.57. The van der Waals surface area contributed by atoms with Crippen molar-refractivity contribution in [1.82, 2.24) is 0 Å². The molecule has 0 bridgehead atoms. The molecule has 0 saturated heterocycles. The number of hydrogen-bond donors (Lipinski definition) is 1. The fourth-order valence-corrected chi connectivity index (χ4v) is 1.02. The average molecular weight is 133 g/mol. The van der Waals surface area contributed by atoms with Crippen molar-refractivity contribution in [3.05, 3.63) is 0 Å². The number of rotatable bonds is 6. The third-order valence-corrected chi connectivity index (χ3v) is 1.63. The maximum atomic E-state index is 7.47. The van der Waals surface area contributed by atoms with Crippen LogP contribution in [0.25, 0.3) is 0 Å². The van der Waals surface area contributed by atoms with E-state index in [1.165, 1.54) is 19.3 Å². The van der Waals surface area contributed by atoms with Crippen LogP contribution in [-0.4, -0.2) is 23.4 Å². The Morgan fingerprint density at radius 1 is 1.30 bits per heavy atom. The van der Waals surface area contributed by atoms with Crippen molar-refractivity contribution in [2.45, 2.75) is 44.1 Å². The minimum absolute atomic E-state index is 0.941. The van der Waals surface area contributed by atoms with Gasteiger partial charge in [0.15, 0.2) is 0 Å². The van der Waals surface area contributed by atoms with Gasteiger partial charge in [-0.1, -0.05) is 0 Å². The molecule has 0 aromatic heterocycles. The molecule has 0 aliphatic carbocycles. The Morgan fingerprint density at radius 2 is 2.00 bits per heavy atom. The normalized spacial score (nSPS) is 9.90. The van der Waals surface area contributed by atoms with Crippen molar-refractivity contribution in [3.8, 4) is 0 Å². The monoisotopic (exact) mass is 133 g/mol. The van der Waals surface area contributed by atoms with Gasteiger partial charge in [-0.3, -0.25) is 0 Å². The van der Waals surface area contributed by atoms with Crippen LogP contribution < -0.4 is 0 Å². The van der Waals surface area contributed by atoms with Crippen molar-refractivity contribution in [2.24, 2.45) is 0 Å². The Hall–Kier alpha value is 0.267. The van der Waals surface area contributed by atoms with Crippen LogP contribution in [0.1, 0.15) is 39.0 Å². The van der Waals surface area contributed by atoms with Gasteiger partial charge in [0.1, 0.15) is 0 Å². The molecule has 0 saturated carbocycles. The van der Waals surface area contributed by atoms with E-state index in [2.05, 4.69) is 24.6 Å². The minimum atomic E-state index is 0.941. The first-order chi connectivity index (χ1) is 4.81. The molecule has 0 atom stereocenters. The molecule has 0 rings (SSSR count). The first-order valence-electron chi connectivity index (χ1n) is 4.37. The average Bonchev–Trinajstić information content (AvgIpc) is 1.89. The molecule has 0 heterocycles. The molecule has 54 valence electrons. The second-order valence-electron chi connectivity index (χ2n) is 2.81. The predicted molar refractivity (Wildman–Crippen MR) is 47.0 cm³/mol. The molecule has 1 N–H and O–H groups in total. The summed E-state index contributed by atoms with van der Waals surface area (Å²) in [5, 5.41) is 8.60. The number of nitrogens with one attached hydrogen (secondary N) is 1. The van der Waals surface area contributed by atoms with E-state index in [1.54, 1.807) is 0 Å². The van der Waals surface area contributed by atoms with Crippen molar-refractivity contribution in [1.29, 1.82) is 5.41 Å². The molecule has 1 nitrogen and oxygen atoms in total. The van der Waals surface area contributed by atoms with Gasteiger partial charge in [-0.25, -0.2) is 0 Å². The Bertz CT molecular complexity index is 91.3. The Morgan fingerprint density at radius 3 is 2.50 bits per heavy atom. The fraction of sp³-hybridized carbons (Fsp3) is 0.875. The van der Waals surface area contributed by atoms with Gasteiger partial charge in [0.25, 0.3) is 0 Å². The number of unbranched alkanes of at least 4 members (excludes halogenated alkanes) is 2. The summed E-state index contributed by atoms with van der Waals surface area (Å²) in [6, 6.07) is 0. The van der Waals surface area contributed by atoms with E-state index in [-0.39, 0.29) is 0 Å². The summed E-state index contributed by atoms with van der Waals surface area (Å²) in [6.07, 6.45) is 5.80. The van der Waals surface area contributed by atoms with E-state index in [9.17, 15) is 0 Å². The zero-order valence-corrected chi connectivity index (χ0v) is 7.24. The standard InChI is InChI=1S/C8H16N.Li/c1-3-5-6-7-8(9)4-2;/h9H,2-7H2,1H3;. The van der Waals surface area contributed by atoms with Gasteiger partial charge >= 0.3 is 73.0 Å². The Labute approximate surface area is 73.3 Å². The molecular formula is C8H16LiN. The van der Waals surface area contributed by atoms with E-state index in [0.29, 0.717) is 0 Å². The molecule has 0 aliphatic rings. The van der Waals surface area contributed by atoms with E-state index in [0.717, 1.165) is 23.6 Å². The first kappa shape index (κ1) is 10.3. The van der Waals surface area contributed by atoms with Crippen LogP contribution in [0.3, 0.4) is 0 Å². The summed E-state index contributed by atoms with van der Waals surface area (Å²) in [7, 11) is 0. The van der Waals surface area contributed by atoms with Gasteiger partial charge in [0.2, 0.25) is 0 Å². The SMILES string of the molecule is [Li][CH2]CC(=N)CCCCC. The van der Waals surface area contributed by atoms with E-state index in [1.807, 2.05) is 0 Å². The van der Waals surface area contributed by atoms with Gasteiger partial charge < -0.3 is 0 Å². The predicted octanol–water partition coefficient (Wildman–Crippen LogP) is 2.56. The van der Waals surface area contributed by atoms with Gasteiger partial charge in [-0.15, -0.1) is 0 Å². The topological polar surface area (TPSA) is 23.9 Å². The van der Waals surface area contributed by atoms with Gasteiger partial charge in [0, 0.05) is 0 Å². The third-order valence-electron chi connectivity index (χ3n) is 1.63. The van der Waals surface area contributed by atoms with E-state index >= 15 is 0 Å². The van der Waals surface area contributed by atoms with Gasteiger partial charge in [-0.05, 0) is 0 Å². The fourth-order valence-electron chi connectivity index (χ4n) is 1.02. The van der Waals surface area contributed by atoms with Crippen LogP contribution >= 0.6 is 0 Å². The summed E-state index contributed by atoms with van der Waals surface area (Å²) in [5.41, 5.74) is 0.941. The first-order valence-corrected chi connectivity index (χ1v) is 4.37. The van der Waals surface area contributed by atoms with Crippen molar-refractivity contribution in [3.63, 3.8) is 0 Å². The summed E-state index contributed by atoms with van der Waals surface area (Å²) in [6.45, 7) is 2.20. The van der Waals surface area contributed by atoms with Crippen LogP contribution in [0.4, 0.5) is 0 Å². The third kappa shape index (κ3) is 6.39. The maximum absolute atomic E-state index is 7.47. The van der Waals surface area contributed by atoms with Crippen LogP contribution in [0.15, 0.2) is 0 Å². The van der Waals surface area contributed by atoms with E-state index in [4.69, 9.17) is 5.41 Å². The molecule has 0 unspecified atom stereocenters. The molecule has 0 aromatic carbocycles. The van der Waals surface area contributed by atoms with Crippen molar-refractivity contribution in [2.75, 3.05) is 0 Å². The molecule has 0 spiro atoms. The van der Waals surface area contributed by atoms with Crippen LogP contribution in [0, 0.1) is 5.41 Å². The summed E-state index contributed by atoms with van der Waals surface area (Å²) < 4.78 is 0. The number of hydrogen-bond acceptors (Lipinski definition) is 1. The molecule has 0 radical (unpaired) electrons.